The first kappa shape index (κ1) is 20.7. The van der Waals surface area contributed by atoms with Crippen LogP contribution in [0.5, 0.6) is 0 Å². The highest BCUT2D eigenvalue weighted by atomic mass is 16.4. The van der Waals surface area contributed by atoms with Gasteiger partial charge in [0.15, 0.2) is 5.96 Å². The molecule has 1 unspecified atom stereocenters. The lowest BCUT2D eigenvalue weighted by atomic mass is 9.92. The fraction of sp³-hybridized carbons (Fsp3) is 0.750. The lowest BCUT2D eigenvalue weighted by molar-refractivity contribution is -0.141. The molecule has 1 saturated carbocycles. The highest BCUT2D eigenvalue weighted by Gasteiger charge is 2.45. The number of nitrogens with one attached hydrogen (secondary N) is 2. The number of amides is 2. The minimum atomic E-state index is -0.958. The molecule has 0 spiro atoms. The molecule has 4 atom stereocenters. The summed E-state index contributed by atoms with van der Waals surface area (Å²) in [5.41, 5.74) is 10.9. The van der Waals surface area contributed by atoms with Crippen molar-refractivity contribution < 1.29 is 19.5 Å². The first-order valence-corrected chi connectivity index (χ1v) is 8.58. The number of carbonyl (C=O) groups is 3. The number of hydrogen-bond acceptors (Lipinski definition) is 4. The van der Waals surface area contributed by atoms with Gasteiger partial charge in [-0.05, 0) is 25.7 Å². The van der Waals surface area contributed by atoms with E-state index >= 15 is 0 Å². The Morgan fingerprint density at radius 3 is 2.20 bits per heavy atom. The van der Waals surface area contributed by atoms with Gasteiger partial charge >= 0.3 is 5.97 Å². The van der Waals surface area contributed by atoms with Gasteiger partial charge in [-0.3, -0.25) is 14.4 Å². The second-order valence-electron chi connectivity index (χ2n) is 6.49. The summed E-state index contributed by atoms with van der Waals surface area (Å²) >= 11 is 0. The zero-order valence-electron chi connectivity index (χ0n) is 15.0. The molecule has 2 amide bonds. The van der Waals surface area contributed by atoms with Crippen LogP contribution in [0.3, 0.4) is 0 Å². The molecule has 1 aliphatic carbocycles. The molecule has 0 aromatic heterocycles. The first-order valence-electron chi connectivity index (χ1n) is 8.58. The van der Waals surface area contributed by atoms with Crippen LogP contribution >= 0.6 is 0 Å². The predicted octanol–water partition coefficient (Wildman–Crippen LogP) is -0.451. The van der Waals surface area contributed by atoms with E-state index in [9.17, 15) is 19.5 Å². The molecule has 142 valence electrons. The molecular formula is C16H29N5O4. The van der Waals surface area contributed by atoms with Gasteiger partial charge in [0.25, 0.3) is 0 Å². The fourth-order valence-electron chi connectivity index (χ4n) is 3.32. The average molecular weight is 355 g/mol. The lowest BCUT2D eigenvalue weighted by Gasteiger charge is -2.28. The number of aliphatic imine (C=N–C) groups is 1. The molecule has 0 bridgehead atoms. The van der Waals surface area contributed by atoms with Gasteiger partial charge in [-0.15, -0.1) is 0 Å². The third-order valence-corrected chi connectivity index (χ3v) is 4.64. The molecule has 0 heterocycles. The second-order valence-corrected chi connectivity index (χ2v) is 6.49. The van der Waals surface area contributed by atoms with Gasteiger partial charge in [0.05, 0.1) is 12.0 Å². The van der Waals surface area contributed by atoms with Crippen LogP contribution in [-0.4, -0.2) is 47.0 Å². The van der Waals surface area contributed by atoms with Gasteiger partial charge in [-0.1, -0.05) is 13.8 Å². The summed E-state index contributed by atoms with van der Waals surface area (Å²) in [5, 5.41) is 14.9. The van der Waals surface area contributed by atoms with Crippen molar-refractivity contribution in [2.45, 2.75) is 64.6 Å². The molecule has 9 heteroatoms. The molecule has 1 aliphatic rings. The summed E-state index contributed by atoms with van der Waals surface area (Å²) in [6.07, 6.45) is 1.97. The number of aliphatic carboxylic acids is 1. The van der Waals surface area contributed by atoms with E-state index in [-0.39, 0.29) is 36.7 Å². The molecule has 25 heavy (non-hydrogen) atoms. The molecule has 0 saturated heterocycles. The molecule has 0 aliphatic heterocycles. The SMILES string of the molecule is CCC(CC)NC(=O)[C@H](NC(C)=O)[C@H]1CC(C(=O)O)C[C@@H]1N=C(N)N. The molecule has 0 radical (unpaired) electrons. The third-order valence-electron chi connectivity index (χ3n) is 4.64. The van der Waals surface area contributed by atoms with Gasteiger partial charge in [0.1, 0.15) is 6.04 Å². The first-order chi connectivity index (χ1) is 11.7. The second kappa shape index (κ2) is 9.24. The summed E-state index contributed by atoms with van der Waals surface area (Å²) in [5.74, 6) is -2.97. The van der Waals surface area contributed by atoms with Crippen LogP contribution in [0.25, 0.3) is 0 Å². The maximum absolute atomic E-state index is 12.7. The molecule has 1 fully saturated rings. The Hall–Kier alpha value is -2.32. The maximum Gasteiger partial charge on any atom is 0.306 e. The number of hydrogen-bond donors (Lipinski definition) is 5. The van der Waals surface area contributed by atoms with Crippen molar-refractivity contribution >= 4 is 23.7 Å². The van der Waals surface area contributed by atoms with Gasteiger partial charge in [-0.2, -0.15) is 0 Å². The molecule has 7 N–H and O–H groups in total. The van der Waals surface area contributed by atoms with Crippen LogP contribution in [0.1, 0.15) is 46.5 Å². The van der Waals surface area contributed by atoms with Gasteiger partial charge < -0.3 is 27.2 Å². The Morgan fingerprint density at radius 2 is 1.76 bits per heavy atom. The van der Waals surface area contributed by atoms with Gasteiger partial charge in [0.2, 0.25) is 11.8 Å². The molecule has 0 aromatic carbocycles. The fourth-order valence-corrected chi connectivity index (χ4v) is 3.32. The van der Waals surface area contributed by atoms with Crippen molar-refractivity contribution in [2.75, 3.05) is 0 Å². The van der Waals surface area contributed by atoms with Crippen LogP contribution in [0.2, 0.25) is 0 Å². The van der Waals surface area contributed by atoms with Crippen molar-refractivity contribution in [3.05, 3.63) is 0 Å². The predicted molar refractivity (Wildman–Crippen MR) is 93.6 cm³/mol. The molecular weight excluding hydrogens is 326 g/mol. The van der Waals surface area contributed by atoms with Crippen molar-refractivity contribution in [1.82, 2.24) is 10.6 Å². The summed E-state index contributed by atoms with van der Waals surface area (Å²) < 4.78 is 0. The van der Waals surface area contributed by atoms with E-state index in [1.165, 1.54) is 6.92 Å². The monoisotopic (exact) mass is 355 g/mol. The van der Waals surface area contributed by atoms with Crippen LogP contribution in [0.15, 0.2) is 4.99 Å². The van der Waals surface area contributed by atoms with Crippen LogP contribution in [0.4, 0.5) is 0 Å². The zero-order valence-corrected chi connectivity index (χ0v) is 15.0. The number of nitrogens with two attached hydrogens (primary N) is 2. The maximum atomic E-state index is 12.7. The van der Waals surface area contributed by atoms with Gasteiger partial charge in [0, 0.05) is 18.9 Å². The lowest BCUT2D eigenvalue weighted by Crippen LogP contribution is -2.54. The van der Waals surface area contributed by atoms with Crippen molar-refractivity contribution in [3.8, 4) is 0 Å². The number of rotatable bonds is 8. The summed E-state index contributed by atoms with van der Waals surface area (Å²) in [6, 6.07) is -1.42. The third kappa shape index (κ3) is 5.91. The number of nitrogens with zero attached hydrogens (tertiary/aromatic N) is 1. The van der Waals surface area contributed by atoms with E-state index in [0.717, 1.165) is 12.8 Å². The highest BCUT2D eigenvalue weighted by molar-refractivity contribution is 5.87. The number of carbonyl (C=O) groups excluding carboxylic acids is 2. The van der Waals surface area contributed by atoms with Crippen LogP contribution < -0.4 is 22.1 Å². The minimum Gasteiger partial charge on any atom is -0.481 e. The zero-order chi connectivity index (χ0) is 19.1. The number of carboxylic acid groups (broad SMARTS) is 1. The normalized spacial score (nSPS) is 23.8. The van der Waals surface area contributed by atoms with E-state index in [1.807, 2.05) is 13.8 Å². The quantitative estimate of drug-likeness (QED) is 0.293. The van der Waals surface area contributed by atoms with Gasteiger partial charge in [-0.25, -0.2) is 4.99 Å². The van der Waals surface area contributed by atoms with Crippen molar-refractivity contribution in [2.24, 2.45) is 28.3 Å². The standard InChI is InChI=1S/C16H29N5O4/c1-4-10(5-2)20-14(23)13(19-8(3)22)11-6-9(15(24)25)7-12(11)21-16(17)18/h9-13H,4-7H2,1-3H3,(H,19,22)(H,20,23)(H,24,25)(H4,17,18,21)/t9?,11-,12-,13+/m0/s1. The largest absolute Gasteiger partial charge is 0.481 e. The molecule has 9 nitrogen and oxygen atoms in total. The Balaban J connectivity index is 3.08. The van der Waals surface area contributed by atoms with E-state index in [1.54, 1.807) is 0 Å². The van der Waals surface area contributed by atoms with E-state index in [0.29, 0.717) is 0 Å². The number of guanidine groups is 1. The smallest absolute Gasteiger partial charge is 0.306 e. The Morgan fingerprint density at radius 1 is 1.16 bits per heavy atom. The summed E-state index contributed by atoms with van der Waals surface area (Å²) in [7, 11) is 0. The van der Waals surface area contributed by atoms with Crippen molar-refractivity contribution in [1.29, 1.82) is 0 Å². The average Bonchev–Trinajstić information content (AvgIpc) is 2.92. The van der Waals surface area contributed by atoms with Crippen LogP contribution in [-0.2, 0) is 14.4 Å². The molecule has 0 aromatic rings. The Labute approximate surface area is 147 Å². The summed E-state index contributed by atoms with van der Waals surface area (Å²) in [6.45, 7) is 5.23. The van der Waals surface area contributed by atoms with E-state index in [2.05, 4.69) is 15.6 Å². The molecule has 1 rings (SSSR count). The minimum absolute atomic E-state index is 0.0121. The van der Waals surface area contributed by atoms with E-state index < -0.39 is 29.9 Å². The van der Waals surface area contributed by atoms with E-state index in [4.69, 9.17) is 11.5 Å². The highest BCUT2D eigenvalue weighted by Crippen LogP contribution is 2.36. The Bertz CT molecular complexity index is 529. The van der Waals surface area contributed by atoms with Crippen LogP contribution in [0, 0.1) is 11.8 Å². The summed E-state index contributed by atoms with van der Waals surface area (Å²) in [4.78, 5) is 39.8. The topological polar surface area (TPSA) is 160 Å². The van der Waals surface area contributed by atoms with Crippen molar-refractivity contribution in [3.63, 3.8) is 0 Å². The Kier molecular flexibility index (Phi) is 7.66. The number of carboxylic acids is 1.